The van der Waals surface area contributed by atoms with E-state index in [-0.39, 0.29) is 17.9 Å². The third kappa shape index (κ3) is 3.16. The normalized spacial score (nSPS) is 17.2. The highest BCUT2D eigenvalue weighted by atomic mass is 16.5. The van der Waals surface area contributed by atoms with Gasteiger partial charge in [-0.15, -0.1) is 0 Å². The lowest BCUT2D eigenvalue weighted by Crippen LogP contribution is -2.58. The summed E-state index contributed by atoms with van der Waals surface area (Å²) in [6, 6.07) is 9.47. The highest BCUT2D eigenvalue weighted by molar-refractivity contribution is 6.27. The number of phenolic OH excluding ortho intramolecular Hbond substituents is 2. The number of urea groups is 1. The third-order valence-electron chi connectivity index (χ3n) is 4.08. The summed E-state index contributed by atoms with van der Waals surface area (Å²) in [6.07, 6.45) is -0.0293. The molecule has 1 fully saturated rings. The molecule has 0 bridgehead atoms. The number of nitrogens with one attached hydrogen (secondary N) is 1. The fraction of sp³-hybridized carbons (Fsp3) is 0.167. The Morgan fingerprint density at radius 3 is 2.35 bits per heavy atom. The first kappa shape index (κ1) is 17.3. The van der Waals surface area contributed by atoms with Crippen LogP contribution in [0.25, 0.3) is 0 Å². The lowest BCUT2D eigenvalue weighted by Gasteiger charge is -2.30. The standard InChI is InChI=1S/C18H16N2O6/c1-26-12-5-3-11(4-6-12)20-17(24)13(16(23)19-18(20)25)8-10-2-7-14(21)15(22)9-10/h2-7,9,13,21-22H,8H2,1H3,(H,19,23,25). The molecule has 2 aromatic rings. The van der Waals surface area contributed by atoms with E-state index < -0.39 is 23.8 Å². The average Bonchev–Trinajstić information content (AvgIpc) is 2.62. The number of aromatic hydroxyl groups is 2. The molecule has 0 aromatic heterocycles. The van der Waals surface area contributed by atoms with Gasteiger partial charge in [0.1, 0.15) is 11.7 Å². The molecule has 0 aliphatic carbocycles. The van der Waals surface area contributed by atoms with E-state index in [4.69, 9.17) is 4.74 Å². The van der Waals surface area contributed by atoms with E-state index in [1.807, 2.05) is 0 Å². The van der Waals surface area contributed by atoms with Gasteiger partial charge in [0.15, 0.2) is 11.5 Å². The van der Waals surface area contributed by atoms with E-state index in [0.717, 1.165) is 4.90 Å². The van der Waals surface area contributed by atoms with Crippen molar-refractivity contribution in [3.63, 3.8) is 0 Å². The van der Waals surface area contributed by atoms with Gasteiger partial charge in [0.05, 0.1) is 12.8 Å². The van der Waals surface area contributed by atoms with Gasteiger partial charge in [0, 0.05) is 0 Å². The molecule has 134 valence electrons. The van der Waals surface area contributed by atoms with E-state index in [0.29, 0.717) is 17.0 Å². The Labute approximate surface area is 148 Å². The van der Waals surface area contributed by atoms with Gasteiger partial charge in [-0.2, -0.15) is 0 Å². The Hall–Kier alpha value is -3.55. The largest absolute Gasteiger partial charge is 0.504 e. The first-order valence-corrected chi connectivity index (χ1v) is 7.74. The van der Waals surface area contributed by atoms with E-state index in [1.165, 1.54) is 37.4 Å². The van der Waals surface area contributed by atoms with E-state index in [1.54, 1.807) is 12.1 Å². The molecule has 4 amide bonds. The van der Waals surface area contributed by atoms with Crippen molar-refractivity contribution >= 4 is 23.5 Å². The van der Waals surface area contributed by atoms with Crippen molar-refractivity contribution < 1.29 is 29.3 Å². The summed E-state index contributed by atoms with van der Waals surface area (Å²) in [7, 11) is 1.50. The van der Waals surface area contributed by atoms with E-state index >= 15 is 0 Å². The Kier molecular flexibility index (Phi) is 4.49. The molecule has 3 N–H and O–H groups in total. The predicted molar refractivity (Wildman–Crippen MR) is 91.0 cm³/mol. The van der Waals surface area contributed by atoms with Crippen LogP contribution in [-0.4, -0.2) is 35.2 Å². The molecule has 8 nitrogen and oxygen atoms in total. The summed E-state index contributed by atoms with van der Waals surface area (Å²) in [4.78, 5) is 37.9. The minimum Gasteiger partial charge on any atom is -0.504 e. The van der Waals surface area contributed by atoms with Gasteiger partial charge in [-0.25, -0.2) is 9.69 Å². The maximum atomic E-state index is 12.8. The first-order chi connectivity index (χ1) is 12.4. The molecule has 1 atom stereocenters. The molecular formula is C18H16N2O6. The number of benzene rings is 2. The Morgan fingerprint density at radius 2 is 1.73 bits per heavy atom. The van der Waals surface area contributed by atoms with Gasteiger partial charge in [-0.3, -0.25) is 14.9 Å². The quantitative estimate of drug-likeness (QED) is 0.565. The zero-order valence-electron chi connectivity index (χ0n) is 13.8. The Balaban J connectivity index is 1.88. The highest BCUT2D eigenvalue weighted by Crippen LogP contribution is 2.28. The second-order valence-electron chi connectivity index (χ2n) is 5.75. The molecule has 2 aromatic carbocycles. The number of phenols is 2. The summed E-state index contributed by atoms with van der Waals surface area (Å²) in [5, 5.41) is 21.1. The number of ether oxygens (including phenoxy) is 1. The maximum absolute atomic E-state index is 12.8. The second-order valence-corrected chi connectivity index (χ2v) is 5.75. The smallest absolute Gasteiger partial charge is 0.335 e. The SMILES string of the molecule is COc1ccc(N2C(=O)NC(=O)C(Cc3ccc(O)c(O)c3)C2=O)cc1. The molecule has 8 heteroatoms. The van der Waals surface area contributed by atoms with E-state index in [2.05, 4.69) is 5.32 Å². The minimum absolute atomic E-state index is 0.0293. The number of hydrogen-bond acceptors (Lipinski definition) is 6. The average molecular weight is 356 g/mol. The van der Waals surface area contributed by atoms with Crippen LogP contribution in [0.5, 0.6) is 17.2 Å². The predicted octanol–water partition coefficient (Wildman–Crippen LogP) is 1.55. The number of barbiturate groups is 1. The van der Waals surface area contributed by atoms with Crippen LogP contribution in [0.3, 0.4) is 0 Å². The molecule has 26 heavy (non-hydrogen) atoms. The number of carbonyl (C=O) groups is 3. The van der Waals surface area contributed by atoms with Crippen LogP contribution in [0, 0.1) is 5.92 Å². The van der Waals surface area contributed by atoms with Gasteiger partial charge in [0.2, 0.25) is 11.8 Å². The van der Waals surface area contributed by atoms with Crippen LogP contribution >= 0.6 is 0 Å². The zero-order valence-corrected chi connectivity index (χ0v) is 13.8. The summed E-state index contributed by atoms with van der Waals surface area (Å²) in [5.41, 5.74) is 0.775. The van der Waals surface area contributed by atoms with Gasteiger partial charge in [-0.1, -0.05) is 6.07 Å². The molecule has 1 aliphatic heterocycles. The van der Waals surface area contributed by atoms with Crippen LogP contribution < -0.4 is 15.0 Å². The van der Waals surface area contributed by atoms with Gasteiger partial charge >= 0.3 is 6.03 Å². The number of methoxy groups -OCH3 is 1. The topological polar surface area (TPSA) is 116 Å². The molecule has 1 heterocycles. The van der Waals surface area contributed by atoms with Crippen molar-refractivity contribution in [3.05, 3.63) is 48.0 Å². The van der Waals surface area contributed by atoms with Gasteiger partial charge in [0.25, 0.3) is 0 Å². The monoisotopic (exact) mass is 356 g/mol. The van der Waals surface area contributed by atoms with Gasteiger partial charge in [-0.05, 0) is 48.4 Å². The molecule has 1 aliphatic rings. The molecule has 0 radical (unpaired) electrons. The summed E-state index contributed by atoms with van der Waals surface area (Å²) < 4.78 is 5.05. The lowest BCUT2D eigenvalue weighted by atomic mass is 9.95. The van der Waals surface area contributed by atoms with E-state index in [9.17, 15) is 24.6 Å². The Bertz CT molecular complexity index is 878. The molecule has 1 unspecified atom stereocenters. The molecule has 0 spiro atoms. The number of anilines is 1. The summed E-state index contributed by atoms with van der Waals surface area (Å²) in [5.74, 6) is -2.61. The number of imide groups is 2. The number of nitrogens with zero attached hydrogens (tertiary/aromatic N) is 1. The highest BCUT2D eigenvalue weighted by Gasteiger charge is 2.41. The molecular weight excluding hydrogens is 340 g/mol. The minimum atomic E-state index is -1.14. The lowest BCUT2D eigenvalue weighted by molar-refractivity contribution is -0.134. The van der Waals surface area contributed by atoms with Crippen LogP contribution in [0.4, 0.5) is 10.5 Å². The number of hydrogen-bond donors (Lipinski definition) is 3. The van der Waals surface area contributed by atoms with Crippen LogP contribution in [0.2, 0.25) is 0 Å². The number of amides is 4. The number of rotatable bonds is 4. The zero-order chi connectivity index (χ0) is 18.8. The van der Waals surface area contributed by atoms with Crippen molar-refractivity contribution in [1.82, 2.24) is 5.32 Å². The summed E-state index contributed by atoms with van der Waals surface area (Å²) in [6.45, 7) is 0. The van der Waals surface area contributed by atoms with Crippen molar-refractivity contribution in [2.45, 2.75) is 6.42 Å². The fourth-order valence-corrected chi connectivity index (χ4v) is 2.70. The van der Waals surface area contributed by atoms with Crippen LogP contribution in [0.15, 0.2) is 42.5 Å². The fourth-order valence-electron chi connectivity index (χ4n) is 2.70. The molecule has 0 saturated carbocycles. The van der Waals surface area contributed by atoms with Crippen molar-refractivity contribution in [2.75, 3.05) is 12.0 Å². The summed E-state index contributed by atoms with van der Waals surface area (Å²) >= 11 is 0. The maximum Gasteiger partial charge on any atom is 0.335 e. The second kappa shape index (κ2) is 6.75. The molecule has 3 rings (SSSR count). The third-order valence-corrected chi connectivity index (χ3v) is 4.08. The molecule has 1 saturated heterocycles. The van der Waals surface area contributed by atoms with Crippen molar-refractivity contribution in [3.8, 4) is 17.2 Å². The van der Waals surface area contributed by atoms with Crippen molar-refractivity contribution in [2.24, 2.45) is 5.92 Å². The van der Waals surface area contributed by atoms with Gasteiger partial charge < -0.3 is 14.9 Å². The number of carbonyl (C=O) groups excluding carboxylic acids is 3. The van der Waals surface area contributed by atoms with Crippen LogP contribution in [0.1, 0.15) is 5.56 Å². The first-order valence-electron chi connectivity index (χ1n) is 7.74. The van der Waals surface area contributed by atoms with Crippen molar-refractivity contribution in [1.29, 1.82) is 0 Å². The van der Waals surface area contributed by atoms with Crippen LogP contribution in [-0.2, 0) is 16.0 Å². The Morgan fingerprint density at radius 1 is 1.04 bits per heavy atom.